The number of ether oxygens (including phenoxy) is 1. The molecule has 1 fully saturated rings. The summed E-state index contributed by atoms with van der Waals surface area (Å²) in [5.41, 5.74) is 3.62. The van der Waals surface area contributed by atoms with Crippen LogP contribution in [0.25, 0.3) is 0 Å². The van der Waals surface area contributed by atoms with E-state index in [0.29, 0.717) is 0 Å². The van der Waals surface area contributed by atoms with Crippen molar-refractivity contribution >= 4 is 25.8 Å². The van der Waals surface area contributed by atoms with E-state index >= 15 is 0 Å². The molecule has 33 heavy (non-hydrogen) atoms. The minimum atomic E-state index is -4.08. The number of benzene rings is 2. The largest absolute Gasteiger partial charge is 0.373 e. The van der Waals surface area contributed by atoms with Gasteiger partial charge < -0.3 is 9.64 Å². The maximum Gasteiger partial charge on any atom is 0.281 e. The molecule has 0 aromatic heterocycles. The Morgan fingerprint density at radius 3 is 2.39 bits per heavy atom. The van der Waals surface area contributed by atoms with Crippen molar-refractivity contribution in [1.82, 2.24) is 9.79 Å². The molecule has 1 unspecified atom stereocenters. The molecule has 180 valence electrons. The van der Waals surface area contributed by atoms with Crippen LogP contribution >= 0.6 is 0 Å². The third kappa shape index (κ3) is 6.31. The van der Waals surface area contributed by atoms with E-state index in [-0.39, 0.29) is 11.0 Å². The summed E-state index contributed by atoms with van der Waals surface area (Å²) >= 11 is 0. The molecule has 2 aliphatic heterocycles. The van der Waals surface area contributed by atoms with Gasteiger partial charge in [0, 0.05) is 38.4 Å². The average Bonchev–Trinajstić information content (AvgIpc) is 2.81. The first-order valence-electron chi connectivity index (χ1n) is 10.9. The Hall–Kier alpha value is -2.02. The van der Waals surface area contributed by atoms with Crippen LogP contribution < -0.4 is 9.79 Å². The molecule has 0 aliphatic carbocycles. The molecule has 9 nitrogen and oxygen atoms in total. The van der Waals surface area contributed by atoms with Crippen LogP contribution in [-0.2, 0) is 35.6 Å². The number of anilines is 1. The maximum absolute atomic E-state index is 12.2. The van der Waals surface area contributed by atoms with Crippen molar-refractivity contribution in [2.75, 3.05) is 50.5 Å². The average molecular weight is 496 g/mol. The molecule has 2 aliphatic rings. The van der Waals surface area contributed by atoms with Crippen molar-refractivity contribution in [3.63, 3.8) is 0 Å². The minimum absolute atomic E-state index is 0.0682. The van der Waals surface area contributed by atoms with Crippen LogP contribution in [0.3, 0.4) is 0 Å². The van der Waals surface area contributed by atoms with E-state index in [4.69, 9.17) is 4.74 Å². The summed E-state index contributed by atoms with van der Waals surface area (Å²) in [4.78, 5) is 6.19. The van der Waals surface area contributed by atoms with Crippen LogP contribution in [0, 0.1) is 0 Å². The fourth-order valence-electron chi connectivity index (χ4n) is 4.24. The zero-order valence-corrected chi connectivity index (χ0v) is 20.1. The zero-order chi connectivity index (χ0) is 23.5. The standard InChI is InChI=1S/C22H29N3O6S2/c1-32(26,27)31-23-33(28,29)20-8-6-19(7-9-20)25-15-13-24(14-16-25)12-10-22-21-5-3-2-4-18(21)11-17-30-22/h2-9,22-23H,10-17H2,1H3. The Balaban J connectivity index is 1.28. The molecule has 11 heteroatoms. The second-order valence-electron chi connectivity index (χ2n) is 8.29. The second kappa shape index (κ2) is 10.1. The SMILES string of the molecule is CS(=O)(=O)ONS(=O)(=O)c1ccc(N2CCN(CCC3OCCc4ccccc43)CC2)cc1. The van der Waals surface area contributed by atoms with Crippen molar-refractivity contribution in [2.24, 2.45) is 0 Å². The Labute approximate surface area is 195 Å². The highest BCUT2D eigenvalue weighted by Gasteiger charge is 2.23. The monoisotopic (exact) mass is 495 g/mol. The van der Waals surface area contributed by atoms with Gasteiger partial charge in [0.1, 0.15) is 0 Å². The molecule has 0 radical (unpaired) electrons. The number of nitrogens with one attached hydrogen (secondary N) is 1. The summed E-state index contributed by atoms with van der Waals surface area (Å²) in [7, 11) is -8.01. The van der Waals surface area contributed by atoms with E-state index < -0.39 is 20.1 Å². The zero-order valence-electron chi connectivity index (χ0n) is 18.5. The highest BCUT2D eigenvalue weighted by molar-refractivity contribution is 7.90. The maximum atomic E-state index is 12.2. The Morgan fingerprint density at radius 1 is 1.00 bits per heavy atom. The van der Waals surface area contributed by atoms with Crippen LogP contribution in [-0.4, -0.2) is 67.3 Å². The third-order valence-electron chi connectivity index (χ3n) is 5.98. The molecule has 1 N–H and O–H groups in total. The molecule has 2 aromatic rings. The van der Waals surface area contributed by atoms with Gasteiger partial charge in [-0.1, -0.05) is 29.2 Å². The van der Waals surface area contributed by atoms with Gasteiger partial charge in [-0.15, -0.1) is 0 Å². The summed E-state index contributed by atoms with van der Waals surface area (Å²) in [6.07, 6.45) is 2.86. The molecule has 0 spiro atoms. The van der Waals surface area contributed by atoms with Crippen LogP contribution in [0.1, 0.15) is 23.7 Å². The molecule has 2 heterocycles. The van der Waals surface area contributed by atoms with E-state index in [9.17, 15) is 16.8 Å². The molecule has 2 aromatic carbocycles. The summed E-state index contributed by atoms with van der Waals surface area (Å²) < 4.78 is 56.6. The van der Waals surface area contributed by atoms with Crippen LogP contribution in [0.5, 0.6) is 0 Å². The molecule has 0 bridgehead atoms. The third-order valence-corrected chi connectivity index (χ3v) is 7.67. The highest BCUT2D eigenvalue weighted by Crippen LogP contribution is 2.30. The van der Waals surface area contributed by atoms with E-state index in [0.717, 1.165) is 64.1 Å². The van der Waals surface area contributed by atoms with Gasteiger partial charge in [-0.05, 0) is 48.2 Å². The summed E-state index contributed by atoms with van der Waals surface area (Å²) in [6, 6.07) is 14.8. The summed E-state index contributed by atoms with van der Waals surface area (Å²) in [6.45, 7) is 5.25. The van der Waals surface area contributed by atoms with E-state index in [2.05, 4.69) is 38.3 Å². The molecular weight excluding hydrogens is 466 g/mol. The lowest BCUT2D eigenvalue weighted by molar-refractivity contribution is 0.0289. The van der Waals surface area contributed by atoms with Gasteiger partial charge >= 0.3 is 0 Å². The van der Waals surface area contributed by atoms with Crippen LogP contribution in [0.2, 0.25) is 0 Å². The predicted molar refractivity (Wildman–Crippen MR) is 125 cm³/mol. The molecule has 0 amide bonds. The first kappa shape index (κ1) is 24.1. The Bertz CT molecular complexity index is 1160. The molecule has 1 saturated heterocycles. The second-order valence-corrected chi connectivity index (χ2v) is 11.5. The smallest absolute Gasteiger partial charge is 0.281 e. The number of hydrogen-bond acceptors (Lipinski definition) is 8. The van der Waals surface area contributed by atoms with Gasteiger partial charge in [0.2, 0.25) is 0 Å². The Kier molecular flexibility index (Phi) is 7.37. The number of piperazine rings is 1. The number of hydrogen-bond donors (Lipinski definition) is 1. The molecule has 1 atom stereocenters. The first-order chi connectivity index (χ1) is 15.7. The normalized spacial score (nSPS) is 19.9. The minimum Gasteiger partial charge on any atom is -0.373 e. The van der Waals surface area contributed by atoms with E-state index in [1.165, 1.54) is 23.3 Å². The van der Waals surface area contributed by atoms with Crippen molar-refractivity contribution in [3.05, 3.63) is 59.7 Å². The lowest BCUT2D eigenvalue weighted by Gasteiger charge is -2.37. The first-order valence-corrected chi connectivity index (χ1v) is 14.2. The van der Waals surface area contributed by atoms with Gasteiger partial charge in [-0.2, -0.15) is 12.7 Å². The lowest BCUT2D eigenvalue weighted by atomic mass is 9.95. The van der Waals surface area contributed by atoms with Crippen molar-refractivity contribution in [2.45, 2.75) is 23.8 Å². The molecular formula is C22H29N3O6S2. The quantitative estimate of drug-likeness (QED) is 0.552. The van der Waals surface area contributed by atoms with Crippen molar-refractivity contribution in [1.29, 1.82) is 0 Å². The fourth-order valence-corrected chi connectivity index (χ4v) is 5.68. The van der Waals surface area contributed by atoms with Gasteiger partial charge in [-0.3, -0.25) is 4.90 Å². The van der Waals surface area contributed by atoms with Gasteiger partial charge in [0.25, 0.3) is 20.1 Å². The fraction of sp³-hybridized carbons (Fsp3) is 0.455. The highest BCUT2D eigenvalue weighted by atomic mass is 32.2. The lowest BCUT2D eigenvalue weighted by Crippen LogP contribution is -2.47. The number of rotatable bonds is 8. The summed E-state index contributed by atoms with van der Waals surface area (Å²) in [5.74, 6) is 0. The predicted octanol–water partition coefficient (Wildman–Crippen LogP) is 1.68. The van der Waals surface area contributed by atoms with Gasteiger partial charge in [0.05, 0.1) is 23.9 Å². The topological polar surface area (TPSA) is 105 Å². The van der Waals surface area contributed by atoms with Gasteiger partial charge in [-0.25, -0.2) is 8.42 Å². The van der Waals surface area contributed by atoms with Crippen molar-refractivity contribution in [3.8, 4) is 0 Å². The number of fused-ring (bicyclic) bond motifs is 1. The van der Waals surface area contributed by atoms with Gasteiger partial charge in [0.15, 0.2) is 0 Å². The van der Waals surface area contributed by atoms with Crippen LogP contribution in [0.4, 0.5) is 5.69 Å². The number of nitrogens with zero attached hydrogens (tertiary/aromatic N) is 2. The summed E-state index contributed by atoms with van der Waals surface area (Å²) in [5, 5.41) is 0. The molecule has 4 rings (SSSR count). The van der Waals surface area contributed by atoms with E-state index in [1.807, 2.05) is 0 Å². The van der Waals surface area contributed by atoms with Crippen LogP contribution in [0.15, 0.2) is 53.4 Å². The van der Waals surface area contributed by atoms with Crippen molar-refractivity contribution < 1.29 is 25.9 Å². The Morgan fingerprint density at radius 2 is 1.70 bits per heavy atom. The number of sulfonamides is 1. The van der Waals surface area contributed by atoms with E-state index in [1.54, 1.807) is 17.0 Å². The molecule has 0 saturated carbocycles.